The van der Waals surface area contributed by atoms with E-state index in [0.717, 1.165) is 93.7 Å². The Morgan fingerprint density at radius 2 is 0.821 bits per heavy atom. The van der Waals surface area contributed by atoms with Crippen LogP contribution in [0.5, 0.6) is 0 Å². The molecule has 25 nitrogen and oxygen atoms in total. The normalized spacial score (nSPS) is 18.0. The van der Waals surface area contributed by atoms with Crippen molar-refractivity contribution in [2.75, 3.05) is 70.6 Å². The predicted molar refractivity (Wildman–Crippen MR) is 402 cm³/mol. The third-order valence-corrected chi connectivity index (χ3v) is 19.1. The zero-order valence-corrected chi connectivity index (χ0v) is 60.6. The molecule has 12 aromatic rings. The minimum atomic E-state index is -0.463. The molecule has 9 heterocycles. The summed E-state index contributed by atoms with van der Waals surface area (Å²) in [5, 5.41) is 18.9. The summed E-state index contributed by atoms with van der Waals surface area (Å²) in [6.07, 6.45) is 10.0. The number of nitrogen functional groups attached to an aromatic ring is 2. The standard InChI is InChI=1S/C34H37N5O3.C34H36N4O4.C12H17N5O2.2H2O.Pd/c35-34-33-32(36-24-37-34)29(18-39(33)25-41-21-27-12-6-2-7-13-27)16-38-17-30(23-40-20-26-10-4-1-5-11-26)31(19-38)42-22-28-14-8-3-9-15-28;39-34-33-32(35-24-36-34)29(18-38(33)25-41-21-27-12-6-2-7-13-27)16-37-17-30(23-40-20-26-10-4-1-5-11-26)31(19-37)42-22-28-14-8-3-9-15-28;13-12-11-10(15-6-16-12)7(1-14-11)2-17-3-8(5-18)9(19)4-17;;;/h1-15,18,24,30-31H,16-17,19-23,25H2,(H2,35,36,37);1-15,18,24,30-31H,16-17,19-23,25H2,(H,35,36,39);1,6,8-9,14,18-19H,2-5H2,(H2,13,15,16);2*1H2;/t2*30-,31-;8-,9-;;;/m111.../s1. The number of β-amino-alcohol motifs (C(OH)–C–C–N with tert-alkyl or cyclic N) is 1. The number of nitrogens with one attached hydrogen (secondary N) is 2. The van der Waals surface area contributed by atoms with Gasteiger partial charge in [-0.2, -0.15) is 0 Å². The van der Waals surface area contributed by atoms with Crippen LogP contribution in [0, 0.1) is 17.8 Å². The number of aromatic nitrogens is 9. The molecule has 3 aliphatic heterocycles. The molecule has 15 rings (SSSR count). The van der Waals surface area contributed by atoms with Gasteiger partial charge in [0.05, 0.1) is 88.5 Å². The number of benzene rings is 6. The number of likely N-dealkylation sites (tertiary alicyclic amines) is 3. The van der Waals surface area contributed by atoms with E-state index in [2.05, 4.69) is 116 Å². The number of rotatable bonds is 29. The first-order chi connectivity index (χ1) is 50.6. The molecular weight excluding hydrogens is 1440 g/mol. The minimum absolute atomic E-state index is 0. The molecule has 26 heteroatoms. The van der Waals surface area contributed by atoms with E-state index in [1.807, 2.05) is 143 Å². The van der Waals surface area contributed by atoms with Gasteiger partial charge in [-0.25, -0.2) is 24.9 Å². The Morgan fingerprint density at radius 1 is 0.434 bits per heavy atom. The second-order valence-corrected chi connectivity index (χ2v) is 26.6. The first-order valence-corrected chi connectivity index (χ1v) is 35.1. The average molecular weight is 1530 g/mol. The van der Waals surface area contributed by atoms with E-state index < -0.39 is 6.10 Å². The summed E-state index contributed by atoms with van der Waals surface area (Å²) >= 11 is 0. The number of anilines is 2. The second kappa shape index (κ2) is 39.9. The van der Waals surface area contributed by atoms with Gasteiger partial charge in [0.25, 0.3) is 5.56 Å². The second-order valence-electron chi connectivity index (χ2n) is 26.6. The van der Waals surface area contributed by atoms with E-state index >= 15 is 0 Å². The van der Waals surface area contributed by atoms with Crippen molar-refractivity contribution in [3.63, 3.8) is 0 Å². The van der Waals surface area contributed by atoms with Crippen LogP contribution < -0.4 is 17.0 Å². The molecule has 6 aromatic carbocycles. The van der Waals surface area contributed by atoms with Crippen LogP contribution in [0.1, 0.15) is 50.1 Å². The maximum absolute atomic E-state index is 12.8. The number of aliphatic hydroxyl groups is 2. The molecule has 0 saturated carbocycles. The van der Waals surface area contributed by atoms with Crippen LogP contribution >= 0.6 is 0 Å². The Kier molecular flexibility index (Phi) is 29.8. The van der Waals surface area contributed by atoms with Crippen LogP contribution in [0.15, 0.2) is 224 Å². The number of nitrogens with two attached hydrogens (primary N) is 2. The molecule has 0 radical (unpaired) electrons. The van der Waals surface area contributed by atoms with Gasteiger partial charge in [0, 0.05) is 139 Å². The molecule has 12 N–H and O–H groups in total. The molecule has 3 saturated heterocycles. The topological polar surface area (TPSA) is 344 Å². The third kappa shape index (κ3) is 21.3. The van der Waals surface area contributed by atoms with Gasteiger partial charge in [-0.1, -0.05) is 182 Å². The fourth-order valence-corrected chi connectivity index (χ4v) is 13.8. The molecule has 0 spiro atoms. The van der Waals surface area contributed by atoms with Gasteiger partial charge in [-0.3, -0.25) is 19.5 Å². The summed E-state index contributed by atoms with van der Waals surface area (Å²) in [4.78, 5) is 47.1. The fourth-order valence-electron chi connectivity index (χ4n) is 13.8. The minimum Gasteiger partial charge on any atom is -0.412 e. The molecule has 560 valence electrons. The summed E-state index contributed by atoms with van der Waals surface area (Å²) in [7, 11) is 0. The maximum atomic E-state index is 12.8. The average Bonchev–Trinajstić information content (AvgIpc) is 1.64. The number of hydrogen-bond acceptors (Lipinski definition) is 19. The summed E-state index contributed by atoms with van der Waals surface area (Å²) in [5.74, 6) is 1.29. The van der Waals surface area contributed by atoms with Crippen molar-refractivity contribution in [1.29, 1.82) is 0 Å². The molecule has 0 bridgehead atoms. The molecule has 6 atom stereocenters. The van der Waals surface area contributed by atoms with Gasteiger partial charge in [-0.15, -0.1) is 0 Å². The Labute approximate surface area is 629 Å². The number of aliphatic hydroxyl groups excluding tert-OH is 2. The summed E-state index contributed by atoms with van der Waals surface area (Å²) in [5.41, 5.74) is 26.4. The molecule has 0 amide bonds. The SMILES string of the molecule is Nc1ncnc2c(CN3C[C@H](CO)[C@H](O)C3)c[nH]c12.Nc1ncnc2c(CN3C[C@H](COCc4ccccc4)[C@H](OCc4ccccc4)C3)cn(COCc3ccccc3)c12.O.O.O=c1[nH]cnc2c(CN3C[C@H](COCc4ccccc4)[C@H](OCc4ccccc4)C3)cn(COCc3ccccc3)c12.[Pd]. The quantitative estimate of drug-likeness (QED) is 0.0240. The van der Waals surface area contributed by atoms with Crippen molar-refractivity contribution in [3.8, 4) is 0 Å². The van der Waals surface area contributed by atoms with Gasteiger partial charge >= 0.3 is 0 Å². The van der Waals surface area contributed by atoms with Crippen LogP contribution in [-0.4, -0.2) is 157 Å². The summed E-state index contributed by atoms with van der Waals surface area (Å²) < 4.78 is 41.2. The first kappa shape index (κ1) is 79.3. The summed E-state index contributed by atoms with van der Waals surface area (Å²) in [6.45, 7) is 11.7. The van der Waals surface area contributed by atoms with Crippen molar-refractivity contribution in [2.45, 2.75) is 91.0 Å². The fraction of sp³-hybridized carbons (Fsp3) is 0.325. The number of H-pyrrole nitrogens is 2. The van der Waals surface area contributed by atoms with Crippen molar-refractivity contribution < 1.29 is 70.0 Å². The zero-order valence-electron chi connectivity index (χ0n) is 59.1. The van der Waals surface area contributed by atoms with Gasteiger partial charge in [0.1, 0.15) is 48.2 Å². The monoisotopic (exact) mass is 1530 g/mol. The van der Waals surface area contributed by atoms with Gasteiger partial charge in [-0.05, 0) is 33.4 Å². The van der Waals surface area contributed by atoms with Crippen LogP contribution in [-0.2, 0) is 122 Å². The largest absolute Gasteiger partial charge is 0.412 e. The van der Waals surface area contributed by atoms with Gasteiger partial charge in [0.2, 0.25) is 0 Å². The Balaban J connectivity index is 0.000000179. The predicted octanol–water partition coefficient (Wildman–Crippen LogP) is 8.23. The van der Waals surface area contributed by atoms with Gasteiger partial charge in [0.15, 0.2) is 11.6 Å². The van der Waals surface area contributed by atoms with E-state index in [9.17, 15) is 9.90 Å². The molecule has 6 aromatic heterocycles. The third-order valence-electron chi connectivity index (χ3n) is 19.1. The van der Waals surface area contributed by atoms with Crippen LogP contribution in [0.4, 0.5) is 11.6 Å². The van der Waals surface area contributed by atoms with Crippen molar-refractivity contribution >= 4 is 44.7 Å². The maximum Gasteiger partial charge on any atom is 0.275 e. The molecule has 3 fully saturated rings. The summed E-state index contributed by atoms with van der Waals surface area (Å²) in [6, 6.07) is 61.3. The Hall–Kier alpha value is -9.28. The number of nitrogens with zero attached hydrogens (tertiary/aromatic N) is 10. The number of aromatic amines is 2. The molecule has 0 unspecified atom stereocenters. The first-order valence-electron chi connectivity index (χ1n) is 35.1. The van der Waals surface area contributed by atoms with E-state index in [0.29, 0.717) is 108 Å². The Morgan fingerprint density at radius 3 is 1.27 bits per heavy atom. The molecule has 3 aliphatic rings. The van der Waals surface area contributed by atoms with E-state index in [4.69, 9.17) is 45.0 Å². The van der Waals surface area contributed by atoms with Crippen LogP contribution in [0.3, 0.4) is 0 Å². The number of hydrogen-bond donors (Lipinski definition) is 6. The van der Waals surface area contributed by atoms with Crippen molar-refractivity contribution in [3.05, 3.63) is 280 Å². The van der Waals surface area contributed by atoms with Crippen molar-refractivity contribution in [2.24, 2.45) is 17.8 Å². The van der Waals surface area contributed by atoms with E-state index in [-0.39, 0.29) is 80.2 Å². The number of ether oxygens (including phenoxy) is 6. The van der Waals surface area contributed by atoms with Gasteiger partial charge < -0.3 is 80.2 Å². The van der Waals surface area contributed by atoms with Crippen LogP contribution in [0.2, 0.25) is 0 Å². The molecule has 0 aliphatic carbocycles. The van der Waals surface area contributed by atoms with Crippen LogP contribution in [0.25, 0.3) is 33.1 Å². The number of fused-ring (bicyclic) bond motifs is 3. The molecule has 106 heavy (non-hydrogen) atoms. The Bertz CT molecular complexity index is 4630. The molecular formula is C80H94N14O11Pd. The van der Waals surface area contributed by atoms with Crippen molar-refractivity contribution in [1.82, 2.24) is 58.7 Å². The zero-order chi connectivity index (χ0) is 70.5. The smallest absolute Gasteiger partial charge is 0.275 e. The van der Waals surface area contributed by atoms with E-state index in [1.54, 1.807) is 0 Å². The van der Waals surface area contributed by atoms with E-state index in [1.165, 1.54) is 30.1 Å².